The van der Waals surface area contributed by atoms with E-state index in [1.807, 2.05) is 72.8 Å². The number of anilines is 1. The molecule has 0 aliphatic heterocycles. The van der Waals surface area contributed by atoms with Gasteiger partial charge in [0.05, 0.1) is 6.21 Å². The molecule has 0 bridgehead atoms. The Morgan fingerprint density at radius 1 is 0.686 bits per heavy atom. The average molecular weight is 466 g/mol. The number of benzene rings is 4. The van der Waals surface area contributed by atoms with E-state index in [9.17, 15) is 9.59 Å². The van der Waals surface area contributed by atoms with Gasteiger partial charge in [-0.3, -0.25) is 9.59 Å². The first-order valence-electron chi connectivity index (χ1n) is 10.9. The first-order chi connectivity index (χ1) is 17.2. The van der Waals surface area contributed by atoms with Crippen molar-refractivity contribution in [1.82, 2.24) is 5.43 Å². The summed E-state index contributed by atoms with van der Waals surface area (Å²) in [5, 5.41) is 6.36. The summed E-state index contributed by atoms with van der Waals surface area (Å²) in [6.07, 6.45) is 1.45. The highest BCUT2D eigenvalue weighted by molar-refractivity contribution is 6.39. The largest absolute Gasteiger partial charge is 0.489 e. The molecule has 7 nitrogen and oxygen atoms in total. The zero-order chi connectivity index (χ0) is 24.3. The van der Waals surface area contributed by atoms with Crippen LogP contribution in [0.25, 0.3) is 0 Å². The van der Waals surface area contributed by atoms with Crippen molar-refractivity contribution in [3.8, 4) is 17.2 Å². The molecule has 0 saturated carbocycles. The lowest BCUT2D eigenvalue weighted by Crippen LogP contribution is -2.32. The van der Waals surface area contributed by atoms with Gasteiger partial charge in [-0.1, -0.05) is 48.5 Å². The minimum Gasteiger partial charge on any atom is -0.489 e. The van der Waals surface area contributed by atoms with Crippen molar-refractivity contribution < 1.29 is 19.1 Å². The Bertz CT molecular complexity index is 1270. The number of ether oxygens (including phenoxy) is 2. The van der Waals surface area contributed by atoms with Gasteiger partial charge < -0.3 is 14.8 Å². The number of hydrogen-bond acceptors (Lipinski definition) is 5. The van der Waals surface area contributed by atoms with Crippen LogP contribution in [0.5, 0.6) is 17.2 Å². The standard InChI is InChI=1S/C28H23N3O4/c32-27(30-23-13-17-26(18-14-23)35-25-9-5-2-6-10-25)28(33)31-29-19-21-11-15-24(16-12-21)34-20-22-7-3-1-4-8-22/h1-19H,20H2,(H,30,32)(H,31,33)/b29-19-. The minimum atomic E-state index is -0.881. The number of rotatable bonds is 8. The van der Waals surface area contributed by atoms with E-state index < -0.39 is 11.8 Å². The number of nitrogens with zero attached hydrogens (tertiary/aromatic N) is 1. The molecule has 0 radical (unpaired) electrons. The third kappa shape index (κ3) is 7.30. The maximum Gasteiger partial charge on any atom is 0.329 e. The van der Waals surface area contributed by atoms with Crippen molar-refractivity contribution in [3.63, 3.8) is 0 Å². The van der Waals surface area contributed by atoms with Crippen LogP contribution in [0.2, 0.25) is 0 Å². The quantitative estimate of drug-likeness (QED) is 0.214. The molecular weight excluding hydrogens is 442 g/mol. The van der Waals surface area contributed by atoms with Crippen LogP contribution in [-0.2, 0) is 16.2 Å². The third-order valence-electron chi connectivity index (χ3n) is 4.81. The summed E-state index contributed by atoms with van der Waals surface area (Å²) in [6, 6.07) is 33.1. The Morgan fingerprint density at radius 3 is 1.97 bits per heavy atom. The molecule has 0 aromatic heterocycles. The van der Waals surface area contributed by atoms with Crippen LogP contribution in [0.15, 0.2) is 114 Å². The summed E-state index contributed by atoms with van der Waals surface area (Å²) in [5.74, 6) is 0.322. The SMILES string of the molecule is O=C(N/N=C\c1ccc(OCc2ccccc2)cc1)C(=O)Nc1ccc(Oc2ccccc2)cc1. The van der Waals surface area contributed by atoms with Crippen molar-refractivity contribution >= 4 is 23.7 Å². The molecule has 4 aromatic carbocycles. The van der Waals surface area contributed by atoms with Crippen molar-refractivity contribution in [2.45, 2.75) is 6.61 Å². The van der Waals surface area contributed by atoms with Gasteiger partial charge in [-0.25, -0.2) is 5.43 Å². The molecule has 2 amide bonds. The monoisotopic (exact) mass is 465 g/mol. The van der Waals surface area contributed by atoms with E-state index in [1.165, 1.54) is 6.21 Å². The molecule has 4 rings (SSSR count). The van der Waals surface area contributed by atoms with Gasteiger partial charge in [-0.15, -0.1) is 0 Å². The number of para-hydroxylation sites is 1. The highest BCUT2D eigenvalue weighted by Crippen LogP contribution is 2.22. The molecule has 35 heavy (non-hydrogen) atoms. The van der Waals surface area contributed by atoms with E-state index in [0.717, 1.165) is 16.9 Å². The van der Waals surface area contributed by atoms with Crippen LogP contribution < -0.4 is 20.2 Å². The number of hydrazone groups is 1. The fourth-order valence-electron chi connectivity index (χ4n) is 3.03. The molecule has 0 atom stereocenters. The summed E-state index contributed by atoms with van der Waals surface area (Å²) >= 11 is 0. The van der Waals surface area contributed by atoms with Crippen molar-refractivity contribution in [3.05, 3.63) is 120 Å². The van der Waals surface area contributed by atoms with Crippen LogP contribution in [0.4, 0.5) is 5.69 Å². The summed E-state index contributed by atoms with van der Waals surface area (Å²) in [4.78, 5) is 24.2. The highest BCUT2D eigenvalue weighted by Gasteiger charge is 2.13. The van der Waals surface area contributed by atoms with Crippen molar-refractivity contribution in [1.29, 1.82) is 0 Å². The van der Waals surface area contributed by atoms with Crippen LogP contribution in [0.1, 0.15) is 11.1 Å². The maximum absolute atomic E-state index is 12.1. The molecule has 7 heteroatoms. The van der Waals surface area contributed by atoms with Gasteiger partial charge in [0.15, 0.2) is 0 Å². The summed E-state index contributed by atoms with van der Waals surface area (Å²) in [5.41, 5.74) is 4.50. The molecule has 0 unspecified atom stereocenters. The number of nitrogens with one attached hydrogen (secondary N) is 2. The molecule has 0 heterocycles. The van der Waals surface area contributed by atoms with E-state index in [4.69, 9.17) is 9.47 Å². The lowest BCUT2D eigenvalue weighted by molar-refractivity contribution is -0.136. The molecule has 0 saturated heterocycles. The van der Waals surface area contributed by atoms with Gasteiger partial charge in [0.1, 0.15) is 23.9 Å². The number of amides is 2. The van der Waals surface area contributed by atoms with Gasteiger partial charge in [-0.2, -0.15) is 5.10 Å². The molecule has 2 N–H and O–H groups in total. The number of carbonyl (C=O) groups excluding carboxylic acids is 2. The molecule has 0 aliphatic carbocycles. The van der Waals surface area contributed by atoms with E-state index in [2.05, 4.69) is 15.8 Å². The first-order valence-corrected chi connectivity index (χ1v) is 10.9. The minimum absolute atomic E-state index is 0.459. The Morgan fingerprint density at radius 2 is 1.29 bits per heavy atom. The lowest BCUT2D eigenvalue weighted by Gasteiger charge is -2.07. The molecular formula is C28H23N3O4. The zero-order valence-electron chi connectivity index (χ0n) is 18.8. The van der Waals surface area contributed by atoms with Crippen LogP contribution >= 0.6 is 0 Å². The van der Waals surface area contributed by atoms with Gasteiger partial charge in [-0.05, 0) is 71.8 Å². The second-order valence-electron chi connectivity index (χ2n) is 7.44. The average Bonchev–Trinajstić information content (AvgIpc) is 2.90. The molecule has 0 aliphatic rings. The van der Waals surface area contributed by atoms with Crippen LogP contribution in [0, 0.1) is 0 Å². The van der Waals surface area contributed by atoms with E-state index in [-0.39, 0.29) is 0 Å². The van der Waals surface area contributed by atoms with Gasteiger partial charge in [0.2, 0.25) is 0 Å². The predicted octanol–water partition coefficient (Wildman–Crippen LogP) is 5.15. The number of hydrogen-bond donors (Lipinski definition) is 2. The third-order valence-corrected chi connectivity index (χ3v) is 4.81. The molecule has 174 valence electrons. The van der Waals surface area contributed by atoms with Gasteiger partial charge in [0.25, 0.3) is 0 Å². The van der Waals surface area contributed by atoms with E-state index in [0.29, 0.717) is 23.8 Å². The van der Waals surface area contributed by atoms with Crippen molar-refractivity contribution in [2.75, 3.05) is 5.32 Å². The zero-order valence-corrected chi connectivity index (χ0v) is 18.8. The topological polar surface area (TPSA) is 89.0 Å². The molecule has 0 spiro atoms. The normalized spacial score (nSPS) is 10.5. The second-order valence-corrected chi connectivity index (χ2v) is 7.44. The smallest absolute Gasteiger partial charge is 0.329 e. The summed E-state index contributed by atoms with van der Waals surface area (Å²) < 4.78 is 11.4. The van der Waals surface area contributed by atoms with E-state index in [1.54, 1.807) is 36.4 Å². The number of carbonyl (C=O) groups is 2. The van der Waals surface area contributed by atoms with Gasteiger partial charge in [0, 0.05) is 5.69 Å². The Hall–Kier alpha value is -4.91. The lowest BCUT2D eigenvalue weighted by atomic mass is 10.2. The predicted molar refractivity (Wildman–Crippen MR) is 135 cm³/mol. The maximum atomic E-state index is 12.1. The Kier molecular flexibility index (Phi) is 7.85. The first kappa shape index (κ1) is 23.3. The Balaban J connectivity index is 1.22. The summed E-state index contributed by atoms with van der Waals surface area (Å²) in [7, 11) is 0. The van der Waals surface area contributed by atoms with Crippen LogP contribution in [-0.4, -0.2) is 18.0 Å². The molecule has 4 aromatic rings. The van der Waals surface area contributed by atoms with E-state index >= 15 is 0 Å². The Labute approximate surface area is 203 Å². The van der Waals surface area contributed by atoms with Gasteiger partial charge >= 0.3 is 11.8 Å². The fourth-order valence-corrected chi connectivity index (χ4v) is 3.03. The van der Waals surface area contributed by atoms with Crippen LogP contribution in [0.3, 0.4) is 0 Å². The second kappa shape index (κ2) is 11.8. The molecule has 0 fully saturated rings. The van der Waals surface area contributed by atoms with Crippen molar-refractivity contribution in [2.24, 2.45) is 5.10 Å². The fraction of sp³-hybridized carbons (Fsp3) is 0.0357. The highest BCUT2D eigenvalue weighted by atomic mass is 16.5. The summed E-state index contributed by atoms with van der Waals surface area (Å²) in [6.45, 7) is 0.474.